The fourth-order valence-corrected chi connectivity index (χ4v) is 5.80. The third kappa shape index (κ3) is 4.51. The molecule has 1 N–H and O–H groups in total. The van der Waals surface area contributed by atoms with Gasteiger partial charge >= 0.3 is 0 Å². The fraction of sp³-hybridized carbons (Fsp3) is 0.261. The second kappa shape index (κ2) is 8.76. The smallest absolute Gasteiger partial charge is 0.228 e. The molecule has 0 aromatic heterocycles. The van der Waals surface area contributed by atoms with E-state index in [1.54, 1.807) is 24.3 Å². The highest BCUT2D eigenvalue weighted by Crippen LogP contribution is 2.27. The summed E-state index contributed by atoms with van der Waals surface area (Å²) in [6.45, 7) is 0.605. The number of fused-ring (bicyclic) bond motifs is 1. The highest BCUT2D eigenvalue weighted by molar-refractivity contribution is 7.88. The van der Waals surface area contributed by atoms with Crippen molar-refractivity contribution in [1.29, 1.82) is 0 Å². The second-order valence-electron chi connectivity index (χ2n) is 7.56. The number of anilines is 1. The van der Waals surface area contributed by atoms with Gasteiger partial charge in [0.05, 0.1) is 11.7 Å². The van der Waals surface area contributed by atoms with E-state index in [4.69, 9.17) is 11.6 Å². The molecule has 7 heteroatoms. The van der Waals surface area contributed by atoms with Gasteiger partial charge in [-0.3, -0.25) is 4.79 Å². The molecular weight excluding hydrogens is 420 g/mol. The Morgan fingerprint density at radius 3 is 2.60 bits per heavy atom. The Morgan fingerprint density at radius 1 is 1.03 bits per heavy atom. The van der Waals surface area contributed by atoms with Crippen LogP contribution in [0.5, 0.6) is 0 Å². The van der Waals surface area contributed by atoms with Gasteiger partial charge in [-0.2, -0.15) is 0 Å². The van der Waals surface area contributed by atoms with E-state index in [9.17, 15) is 13.2 Å². The minimum absolute atomic E-state index is 0.149. The second-order valence-corrected chi connectivity index (χ2v) is 9.94. The zero-order chi connectivity index (χ0) is 21.1. The molecule has 3 aromatic carbocycles. The fourth-order valence-electron chi connectivity index (χ4n) is 3.88. The van der Waals surface area contributed by atoms with E-state index in [-0.39, 0.29) is 18.2 Å². The SMILES string of the molecule is O=C(Nc1cccc2ccccc12)[C@@H]1CCCN(S(=O)(=O)Cc2ccccc2Cl)C1. The van der Waals surface area contributed by atoms with Crippen LogP contribution in [0.3, 0.4) is 0 Å². The number of benzene rings is 3. The van der Waals surface area contributed by atoms with E-state index >= 15 is 0 Å². The molecule has 0 radical (unpaired) electrons. The number of nitrogens with one attached hydrogen (secondary N) is 1. The number of sulfonamides is 1. The van der Waals surface area contributed by atoms with Crippen molar-refractivity contribution in [3.05, 3.63) is 77.3 Å². The maximum atomic E-state index is 12.9. The van der Waals surface area contributed by atoms with Crippen LogP contribution in [0.2, 0.25) is 5.02 Å². The van der Waals surface area contributed by atoms with Crippen LogP contribution in [0.1, 0.15) is 18.4 Å². The summed E-state index contributed by atoms with van der Waals surface area (Å²) < 4.78 is 27.3. The highest BCUT2D eigenvalue weighted by atomic mass is 35.5. The molecule has 1 aliphatic heterocycles. The molecule has 1 heterocycles. The first-order valence-corrected chi connectivity index (χ1v) is 11.9. The molecule has 1 fully saturated rings. The number of carbonyl (C=O) groups is 1. The predicted molar refractivity (Wildman–Crippen MR) is 121 cm³/mol. The van der Waals surface area contributed by atoms with Gasteiger partial charge < -0.3 is 5.32 Å². The quantitative estimate of drug-likeness (QED) is 0.624. The molecule has 4 rings (SSSR count). The van der Waals surface area contributed by atoms with Crippen LogP contribution in [0.25, 0.3) is 10.8 Å². The Morgan fingerprint density at radius 2 is 1.77 bits per heavy atom. The third-order valence-corrected chi connectivity index (χ3v) is 7.65. The van der Waals surface area contributed by atoms with Crippen molar-refractivity contribution in [2.24, 2.45) is 5.92 Å². The van der Waals surface area contributed by atoms with Gasteiger partial charge in [-0.25, -0.2) is 12.7 Å². The molecule has 1 aliphatic rings. The van der Waals surface area contributed by atoms with Gasteiger partial charge in [0.25, 0.3) is 0 Å². The predicted octanol–water partition coefficient (Wildman–Crippen LogP) is 4.67. The van der Waals surface area contributed by atoms with Crippen LogP contribution in [0.4, 0.5) is 5.69 Å². The van der Waals surface area contributed by atoms with Gasteiger partial charge in [-0.1, -0.05) is 66.2 Å². The standard InChI is InChI=1S/C23H23ClN2O3S/c24-21-12-4-2-8-19(21)16-30(28,29)26-14-6-10-18(15-26)23(27)25-22-13-5-9-17-7-1-3-11-20(17)22/h1-5,7-9,11-13,18H,6,10,14-16H2,(H,25,27)/t18-/m1/s1. The molecule has 0 unspecified atom stereocenters. The molecule has 1 amide bonds. The molecule has 1 atom stereocenters. The van der Waals surface area contributed by atoms with E-state index in [1.807, 2.05) is 42.5 Å². The molecule has 3 aromatic rings. The zero-order valence-corrected chi connectivity index (χ0v) is 18.0. The number of nitrogens with zero attached hydrogens (tertiary/aromatic N) is 1. The molecule has 5 nitrogen and oxygen atoms in total. The average molecular weight is 443 g/mol. The number of hydrogen-bond donors (Lipinski definition) is 1. The lowest BCUT2D eigenvalue weighted by molar-refractivity contribution is -0.120. The maximum Gasteiger partial charge on any atom is 0.228 e. The molecule has 1 saturated heterocycles. The summed E-state index contributed by atoms with van der Waals surface area (Å²) in [5.74, 6) is -0.701. The Kier molecular flexibility index (Phi) is 6.09. The summed E-state index contributed by atoms with van der Waals surface area (Å²) in [5, 5.41) is 5.45. The first-order chi connectivity index (χ1) is 14.4. The maximum absolute atomic E-state index is 12.9. The summed E-state index contributed by atoms with van der Waals surface area (Å²) in [6.07, 6.45) is 1.31. The molecule has 30 heavy (non-hydrogen) atoms. The molecule has 156 valence electrons. The Bertz CT molecular complexity index is 1170. The van der Waals surface area contributed by atoms with Crippen LogP contribution in [-0.2, 0) is 20.6 Å². The zero-order valence-electron chi connectivity index (χ0n) is 16.4. The Labute approximate surface area is 181 Å². The highest BCUT2D eigenvalue weighted by Gasteiger charge is 2.32. The van der Waals surface area contributed by atoms with Gasteiger partial charge in [0.1, 0.15) is 0 Å². The van der Waals surface area contributed by atoms with Crippen molar-refractivity contribution in [3.8, 4) is 0 Å². The van der Waals surface area contributed by atoms with Gasteiger partial charge in [-0.05, 0) is 35.9 Å². The summed E-state index contributed by atoms with van der Waals surface area (Å²) in [6, 6.07) is 20.6. The van der Waals surface area contributed by atoms with Crippen molar-refractivity contribution < 1.29 is 13.2 Å². The van der Waals surface area contributed by atoms with E-state index in [1.165, 1.54) is 4.31 Å². The van der Waals surface area contributed by atoms with Crippen molar-refractivity contribution >= 4 is 44.0 Å². The molecular formula is C23H23ClN2O3S. The number of hydrogen-bond acceptors (Lipinski definition) is 3. The Balaban J connectivity index is 1.48. The van der Waals surface area contributed by atoms with Crippen molar-refractivity contribution in [1.82, 2.24) is 4.31 Å². The largest absolute Gasteiger partial charge is 0.325 e. The van der Waals surface area contributed by atoms with Crippen molar-refractivity contribution in [2.75, 3.05) is 18.4 Å². The van der Waals surface area contributed by atoms with Gasteiger partial charge in [0.15, 0.2) is 0 Å². The van der Waals surface area contributed by atoms with Crippen LogP contribution in [0, 0.1) is 5.92 Å². The van der Waals surface area contributed by atoms with E-state index in [0.29, 0.717) is 30.0 Å². The summed E-state index contributed by atoms with van der Waals surface area (Å²) >= 11 is 6.14. The first-order valence-electron chi connectivity index (χ1n) is 9.94. The summed E-state index contributed by atoms with van der Waals surface area (Å²) in [5.41, 5.74) is 1.32. The van der Waals surface area contributed by atoms with E-state index in [0.717, 1.165) is 16.5 Å². The van der Waals surface area contributed by atoms with Crippen molar-refractivity contribution in [2.45, 2.75) is 18.6 Å². The monoisotopic (exact) mass is 442 g/mol. The third-order valence-electron chi connectivity index (χ3n) is 5.49. The number of amides is 1. The number of halogens is 1. The topological polar surface area (TPSA) is 66.5 Å². The van der Waals surface area contributed by atoms with E-state index < -0.39 is 15.9 Å². The summed E-state index contributed by atoms with van der Waals surface area (Å²) in [7, 11) is -3.56. The molecule has 0 aliphatic carbocycles. The number of carbonyl (C=O) groups excluding carboxylic acids is 1. The lowest BCUT2D eigenvalue weighted by Crippen LogP contribution is -2.44. The van der Waals surface area contributed by atoms with Gasteiger partial charge in [-0.15, -0.1) is 0 Å². The van der Waals surface area contributed by atoms with Gasteiger partial charge in [0, 0.05) is 29.2 Å². The lowest BCUT2D eigenvalue weighted by atomic mass is 9.98. The van der Waals surface area contributed by atoms with Crippen molar-refractivity contribution in [3.63, 3.8) is 0 Å². The Hall–Kier alpha value is -2.41. The summed E-state index contributed by atoms with van der Waals surface area (Å²) in [4.78, 5) is 12.9. The average Bonchev–Trinajstić information content (AvgIpc) is 2.75. The van der Waals surface area contributed by atoms with E-state index in [2.05, 4.69) is 5.32 Å². The van der Waals surface area contributed by atoms with Gasteiger partial charge in [0.2, 0.25) is 15.9 Å². The normalized spacial score (nSPS) is 17.7. The minimum Gasteiger partial charge on any atom is -0.325 e. The first kappa shape index (κ1) is 20.8. The minimum atomic E-state index is -3.56. The van der Waals surface area contributed by atoms with Crippen LogP contribution in [-0.4, -0.2) is 31.7 Å². The van der Waals surface area contributed by atoms with Crippen LogP contribution < -0.4 is 5.32 Å². The molecule has 0 bridgehead atoms. The molecule has 0 spiro atoms. The lowest BCUT2D eigenvalue weighted by Gasteiger charge is -2.31. The van der Waals surface area contributed by atoms with Crippen LogP contribution in [0.15, 0.2) is 66.7 Å². The number of rotatable bonds is 5. The number of piperidine rings is 1. The van der Waals surface area contributed by atoms with Crippen LogP contribution >= 0.6 is 11.6 Å². The molecule has 0 saturated carbocycles.